The number of cyclic esters (lactones) is 1. The van der Waals surface area contributed by atoms with Crippen LogP contribution >= 0.6 is 0 Å². The summed E-state index contributed by atoms with van der Waals surface area (Å²) in [5.74, 6) is 0. The zero-order valence-corrected chi connectivity index (χ0v) is 11.2. The number of likely N-dealkylation sites (N-methyl/N-ethyl adjacent to an activating group) is 1. The maximum absolute atomic E-state index is 11.7. The molecule has 1 aliphatic rings. The molecule has 5 nitrogen and oxygen atoms in total. The van der Waals surface area contributed by atoms with Crippen LogP contribution in [0.5, 0.6) is 0 Å². The van der Waals surface area contributed by atoms with E-state index in [-0.39, 0.29) is 27.3 Å². The van der Waals surface area contributed by atoms with E-state index in [9.17, 15) is 4.79 Å². The van der Waals surface area contributed by atoms with E-state index in [4.69, 9.17) is 16.5 Å². The first-order valence-electron chi connectivity index (χ1n) is 12.1. The van der Waals surface area contributed by atoms with Crippen molar-refractivity contribution in [2.24, 2.45) is 0 Å². The Morgan fingerprint density at radius 3 is 3.38 bits per heavy atom. The number of aromatic amines is 1. The van der Waals surface area contributed by atoms with Crippen molar-refractivity contribution in [2.45, 2.75) is 18.8 Å². The van der Waals surface area contributed by atoms with Gasteiger partial charge in [-0.05, 0) is 50.0 Å². The second kappa shape index (κ2) is 5.77. The molecule has 1 aromatic heterocycles. The van der Waals surface area contributed by atoms with Crippen LogP contribution in [0.25, 0.3) is 10.9 Å². The highest BCUT2D eigenvalue weighted by atomic mass is 16.6. The number of rotatable bonds is 5. The van der Waals surface area contributed by atoms with E-state index >= 15 is 0 Å². The minimum absolute atomic E-state index is 0.0289. The number of ether oxygens (including phenoxy) is 1. The van der Waals surface area contributed by atoms with Gasteiger partial charge in [0.25, 0.3) is 0 Å². The standard InChI is InChI=1S/C16H21N3O2/c1-19(2)6-5-12-9-17-15-4-3-11(8-14(12)15)7-13-10-21-16(20)18-13/h3-4,8-9,13,17H,5-7,10H2,1-2H3,(H,18,20)/t13-/m0/s1/i1D3,5D2,7D2,10D2,13D/hD2. The third-order valence-electron chi connectivity index (χ3n) is 2.83. The fourth-order valence-corrected chi connectivity index (χ4v) is 1.91. The van der Waals surface area contributed by atoms with Crippen molar-refractivity contribution in [2.75, 3.05) is 27.1 Å². The number of nitrogens with zero attached hydrogens (tertiary/aromatic N) is 1. The molecule has 0 spiro atoms. The first-order valence-corrected chi connectivity index (χ1v) is 6.16. The van der Waals surface area contributed by atoms with Crippen LogP contribution in [0.3, 0.4) is 0 Å². The van der Waals surface area contributed by atoms with Crippen LogP contribution in [0.15, 0.2) is 24.4 Å². The maximum atomic E-state index is 11.7. The smallest absolute Gasteiger partial charge is 0.407 e. The number of fused-ring (bicyclic) bond motifs is 1. The van der Waals surface area contributed by atoms with Gasteiger partial charge in [-0.25, -0.2) is 4.79 Å². The molecule has 1 aromatic carbocycles. The summed E-state index contributed by atoms with van der Waals surface area (Å²) in [5.41, 5.74) is -0.338. The molecular formula is C16H21N3O2. The molecule has 0 aliphatic carbocycles. The van der Waals surface area contributed by atoms with E-state index in [1.165, 1.54) is 13.1 Å². The maximum Gasteiger partial charge on any atom is 0.407 e. The van der Waals surface area contributed by atoms with Crippen molar-refractivity contribution in [1.82, 2.24) is 15.2 Å². The second-order valence-corrected chi connectivity index (χ2v) is 4.49. The minimum Gasteiger partial charge on any atom is -0.447 e. The second-order valence-electron chi connectivity index (χ2n) is 4.49. The molecule has 1 aliphatic heterocycles. The van der Waals surface area contributed by atoms with Gasteiger partial charge in [0.15, 0.2) is 2.82 Å². The van der Waals surface area contributed by atoms with Crippen LogP contribution in [-0.2, 0) is 17.5 Å². The number of aromatic nitrogens is 1. The van der Waals surface area contributed by atoms with Crippen LogP contribution in [0.4, 0.5) is 4.79 Å². The summed E-state index contributed by atoms with van der Waals surface area (Å²) in [6, 6.07) is 0.360. The van der Waals surface area contributed by atoms with E-state index in [2.05, 4.69) is 4.74 Å². The lowest BCUT2D eigenvalue weighted by molar-refractivity contribution is 0.177. The van der Waals surface area contributed by atoms with Crippen molar-refractivity contribution < 1.29 is 26.1 Å². The molecule has 2 aromatic rings. The van der Waals surface area contributed by atoms with Gasteiger partial charge >= 0.3 is 6.09 Å². The molecule has 1 atom stereocenters. The highest BCUT2D eigenvalue weighted by Crippen LogP contribution is 2.21. The monoisotopic (exact) mass is 299 g/mol. The molecule has 0 unspecified atom stereocenters. The third kappa shape index (κ3) is 3.19. The average Bonchev–Trinajstić information content (AvgIpc) is 3.09. The first-order chi connectivity index (χ1) is 14.8. The van der Waals surface area contributed by atoms with E-state index < -0.39 is 44.9 Å². The Morgan fingerprint density at radius 2 is 2.62 bits per heavy atom. The van der Waals surface area contributed by atoms with Crippen LogP contribution in [0, 0.1) is 0 Å². The Kier molecular flexibility index (Phi) is 1.55. The molecule has 21 heavy (non-hydrogen) atoms. The molecule has 1 fully saturated rings. The first kappa shape index (κ1) is 5.65. The zero-order valence-electron chi connectivity index (χ0n) is 23.2. The Hall–Kier alpha value is -2.01. The predicted molar refractivity (Wildman–Crippen MR) is 82.5 cm³/mol. The van der Waals surface area contributed by atoms with Crippen LogP contribution in [-0.4, -0.2) is 49.1 Å². The molecule has 112 valence electrons. The van der Waals surface area contributed by atoms with Gasteiger partial charge in [0.05, 0.1) is 10.1 Å². The number of hydrogen-bond acceptors (Lipinski definition) is 3. The lowest BCUT2D eigenvalue weighted by Gasteiger charge is -2.09. The molecule has 0 saturated carbocycles. The van der Waals surface area contributed by atoms with Gasteiger partial charge in [-0.1, -0.05) is 6.07 Å². The quantitative estimate of drug-likeness (QED) is 0.887. The SMILES string of the molecule is [2H]N1C(=O)OC([2H])([2H])[C@]1([2H])C([2H])([2H])c1ccc2c(c1)c(C([2H])([2H])CN(C)C([2H])([2H])[2H])cn2[2H]. The lowest BCUT2D eigenvalue weighted by atomic mass is 10.0. The average molecular weight is 299 g/mol. The Labute approximate surface area is 141 Å². The summed E-state index contributed by atoms with van der Waals surface area (Å²) in [5, 5.41) is -0.195. The number of amides is 1. The van der Waals surface area contributed by atoms with Gasteiger partial charge in [-0.2, -0.15) is 0 Å². The molecule has 5 heteroatoms. The molecule has 3 rings (SSSR count). The molecule has 1 saturated heterocycles. The Balaban J connectivity index is 2.15. The largest absolute Gasteiger partial charge is 0.447 e. The van der Waals surface area contributed by atoms with Gasteiger partial charge in [0.1, 0.15) is 6.56 Å². The highest BCUT2D eigenvalue weighted by Gasteiger charge is 2.22. The molecule has 2 N–H and O–H groups in total. The number of benzene rings is 1. The summed E-state index contributed by atoms with van der Waals surface area (Å²) in [7, 11) is 1.21. The minimum atomic E-state index is -3.19. The fourth-order valence-electron chi connectivity index (χ4n) is 1.91. The van der Waals surface area contributed by atoms with E-state index in [0.717, 1.165) is 28.2 Å². The predicted octanol–water partition coefficient (Wildman–Crippen LogP) is 1.92. The third-order valence-corrected chi connectivity index (χ3v) is 2.83. The van der Waals surface area contributed by atoms with Gasteiger partial charge < -0.3 is 19.9 Å². The Bertz CT molecular complexity index is 1100. The number of carbonyl (C=O) groups is 1. The molecule has 1 amide bonds. The zero-order chi connectivity index (χ0) is 25.4. The van der Waals surface area contributed by atoms with Crippen molar-refractivity contribution in [3.63, 3.8) is 0 Å². The normalized spacial score (nSPS) is 35.0. The van der Waals surface area contributed by atoms with Crippen LogP contribution in [0.1, 0.15) is 24.8 Å². The summed E-state index contributed by atoms with van der Waals surface area (Å²) in [6.07, 6.45) is -5.73. The topological polar surface area (TPSA) is 57.4 Å². The van der Waals surface area contributed by atoms with Crippen molar-refractivity contribution in [3.8, 4) is 0 Å². The number of alkyl carbamates (subject to hydrolysis) is 1. The summed E-state index contributed by atoms with van der Waals surface area (Å²) in [4.78, 5) is 13.4. The molecular weight excluding hydrogens is 266 g/mol. The lowest BCUT2D eigenvalue weighted by Crippen LogP contribution is -2.28. The summed E-state index contributed by atoms with van der Waals surface area (Å²) >= 11 is 0. The molecule has 0 bridgehead atoms. The van der Waals surface area contributed by atoms with E-state index in [1.807, 2.05) is 0 Å². The van der Waals surface area contributed by atoms with E-state index in [1.54, 1.807) is 0 Å². The van der Waals surface area contributed by atoms with Gasteiger partial charge in [0.2, 0.25) is 0 Å². The fraction of sp³-hybridized carbons (Fsp3) is 0.438. The molecule has 2 heterocycles. The number of hydrogen-bond donors (Lipinski definition) is 2. The summed E-state index contributed by atoms with van der Waals surface area (Å²) in [6.45, 7) is -6.34. The number of nitrogens with one attached hydrogen (secondary N) is 2. The highest BCUT2D eigenvalue weighted by molar-refractivity contribution is 5.84. The van der Waals surface area contributed by atoms with Crippen molar-refractivity contribution >= 4 is 17.0 Å². The molecule has 0 radical (unpaired) electrons. The van der Waals surface area contributed by atoms with Crippen molar-refractivity contribution in [3.05, 3.63) is 35.5 Å². The number of H-pyrrole nitrogens is 1. The van der Waals surface area contributed by atoms with Gasteiger partial charge in [-0.15, -0.1) is 0 Å². The van der Waals surface area contributed by atoms with E-state index in [0.29, 0.717) is 0 Å². The van der Waals surface area contributed by atoms with Gasteiger partial charge in [0, 0.05) is 33.2 Å². The van der Waals surface area contributed by atoms with Crippen LogP contribution in [0.2, 0.25) is 2.82 Å². The summed E-state index contributed by atoms with van der Waals surface area (Å²) < 4.78 is 100. The van der Waals surface area contributed by atoms with Crippen molar-refractivity contribution in [1.29, 1.82) is 0 Å². The van der Waals surface area contributed by atoms with Gasteiger partial charge in [-0.3, -0.25) is 0 Å². The van der Waals surface area contributed by atoms with Crippen LogP contribution < -0.4 is 5.31 Å². The number of carbonyl (C=O) groups excluding carboxylic acids is 1. The Morgan fingerprint density at radius 1 is 1.71 bits per heavy atom.